The molecule has 0 amide bonds. The van der Waals surface area contributed by atoms with E-state index in [-0.39, 0.29) is 18.8 Å². The molecule has 3 aromatic rings. The Labute approximate surface area is 137 Å². The Hall–Kier alpha value is -2.50. The molecule has 1 aromatic heterocycles. The molecule has 0 bridgehead atoms. The van der Waals surface area contributed by atoms with Gasteiger partial charge in [0.25, 0.3) is 0 Å². The van der Waals surface area contributed by atoms with E-state index >= 15 is 0 Å². The van der Waals surface area contributed by atoms with Gasteiger partial charge in [-0.05, 0) is 29.8 Å². The average molecular weight is 332 g/mol. The largest absolute Gasteiger partial charge is 0.491 e. The average Bonchev–Trinajstić information content (AvgIpc) is 2.95. The number of carboxylic acid groups (broad SMARTS) is 1. The number of hydrogen-bond acceptors (Lipinski definition) is 3. The zero-order valence-electron chi connectivity index (χ0n) is 12.0. The second-order valence-corrected chi connectivity index (χ2v) is 5.39. The first-order valence-electron chi connectivity index (χ1n) is 6.98. The van der Waals surface area contributed by atoms with E-state index in [9.17, 15) is 9.90 Å². The summed E-state index contributed by atoms with van der Waals surface area (Å²) in [6.07, 6.45) is 1.46. The monoisotopic (exact) mass is 331 g/mol. The second-order valence-electron chi connectivity index (χ2n) is 4.98. The maximum Gasteiger partial charge on any atom is 0.337 e. The standard InChI is InChI=1S/C17H14ClNO4/c18-15-8-16-13(14(9-19-16)17(21)22)7-12(15)10-1-3-11(4-2-10)23-6-5-20/h1-4,7-9,19-20H,5-6H2,(H,21,22). The zero-order valence-corrected chi connectivity index (χ0v) is 12.8. The van der Waals surface area contributed by atoms with Crippen LogP contribution in [0.4, 0.5) is 0 Å². The minimum Gasteiger partial charge on any atom is -0.491 e. The first kappa shape index (κ1) is 15.4. The Kier molecular flexibility index (Phi) is 4.23. The fourth-order valence-electron chi connectivity index (χ4n) is 2.44. The van der Waals surface area contributed by atoms with Gasteiger partial charge in [0.2, 0.25) is 0 Å². The van der Waals surface area contributed by atoms with E-state index in [2.05, 4.69) is 4.98 Å². The third kappa shape index (κ3) is 3.02. The van der Waals surface area contributed by atoms with E-state index in [4.69, 9.17) is 21.4 Å². The van der Waals surface area contributed by atoms with Crippen molar-refractivity contribution in [2.45, 2.75) is 0 Å². The van der Waals surface area contributed by atoms with E-state index in [0.29, 0.717) is 21.7 Å². The summed E-state index contributed by atoms with van der Waals surface area (Å²) in [7, 11) is 0. The van der Waals surface area contributed by atoms with Crippen molar-refractivity contribution in [3.63, 3.8) is 0 Å². The number of nitrogens with one attached hydrogen (secondary N) is 1. The fraction of sp³-hybridized carbons (Fsp3) is 0.118. The summed E-state index contributed by atoms with van der Waals surface area (Å²) in [5.74, 6) is -0.342. The molecule has 0 radical (unpaired) electrons. The van der Waals surface area contributed by atoms with Gasteiger partial charge in [0.05, 0.1) is 17.2 Å². The van der Waals surface area contributed by atoms with Gasteiger partial charge in [-0.2, -0.15) is 0 Å². The first-order valence-corrected chi connectivity index (χ1v) is 7.36. The van der Waals surface area contributed by atoms with Crippen molar-refractivity contribution in [1.29, 1.82) is 0 Å². The highest BCUT2D eigenvalue weighted by atomic mass is 35.5. The predicted molar refractivity (Wildman–Crippen MR) is 88.3 cm³/mol. The minimum atomic E-state index is -0.989. The van der Waals surface area contributed by atoms with Crippen molar-refractivity contribution < 1.29 is 19.7 Å². The van der Waals surface area contributed by atoms with E-state index < -0.39 is 5.97 Å². The second kappa shape index (κ2) is 6.32. The molecule has 3 N–H and O–H groups in total. The summed E-state index contributed by atoms with van der Waals surface area (Å²) < 4.78 is 5.32. The third-order valence-electron chi connectivity index (χ3n) is 3.53. The van der Waals surface area contributed by atoms with Crippen LogP contribution < -0.4 is 4.74 Å². The molecule has 1 heterocycles. The Morgan fingerprint density at radius 3 is 2.61 bits per heavy atom. The number of aliphatic hydroxyl groups is 1. The predicted octanol–water partition coefficient (Wildman–Crippen LogP) is 3.56. The van der Waals surface area contributed by atoms with Gasteiger partial charge < -0.3 is 19.9 Å². The van der Waals surface area contributed by atoms with E-state index in [1.807, 2.05) is 12.1 Å². The van der Waals surface area contributed by atoms with Gasteiger partial charge in [0.15, 0.2) is 0 Å². The van der Waals surface area contributed by atoms with Crippen LogP contribution >= 0.6 is 11.6 Å². The highest BCUT2D eigenvalue weighted by Gasteiger charge is 2.14. The molecular formula is C17H14ClNO4. The molecule has 23 heavy (non-hydrogen) atoms. The van der Waals surface area contributed by atoms with E-state index in [1.165, 1.54) is 6.20 Å². The Morgan fingerprint density at radius 2 is 1.96 bits per heavy atom. The van der Waals surface area contributed by atoms with Crippen LogP contribution in [-0.4, -0.2) is 34.4 Å². The summed E-state index contributed by atoms with van der Waals surface area (Å²) in [5.41, 5.74) is 2.49. The first-order chi connectivity index (χ1) is 11.1. The van der Waals surface area contributed by atoms with Crippen LogP contribution in [0.15, 0.2) is 42.6 Å². The van der Waals surface area contributed by atoms with Gasteiger partial charge in [0.1, 0.15) is 12.4 Å². The van der Waals surface area contributed by atoms with Crippen LogP contribution in [0.2, 0.25) is 5.02 Å². The van der Waals surface area contributed by atoms with Crippen molar-refractivity contribution in [3.05, 3.63) is 53.2 Å². The molecule has 0 atom stereocenters. The molecule has 0 aliphatic heterocycles. The van der Waals surface area contributed by atoms with Crippen molar-refractivity contribution in [2.24, 2.45) is 0 Å². The molecular weight excluding hydrogens is 318 g/mol. The number of ether oxygens (including phenoxy) is 1. The maximum atomic E-state index is 11.3. The summed E-state index contributed by atoms with van der Waals surface area (Å²) in [4.78, 5) is 14.2. The van der Waals surface area contributed by atoms with Gasteiger partial charge in [-0.3, -0.25) is 0 Å². The number of aromatic carboxylic acids is 1. The number of halogens is 1. The van der Waals surface area contributed by atoms with Gasteiger partial charge >= 0.3 is 5.97 Å². The number of benzene rings is 2. The van der Waals surface area contributed by atoms with E-state index in [1.54, 1.807) is 24.3 Å². The molecule has 3 rings (SSSR count). The molecule has 6 heteroatoms. The van der Waals surface area contributed by atoms with Crippen LogP contribution in [-0.2, 0) is 0 Å². The van der Waals surface area contributed by atoms with Gasteiger partial charge in [-0.25, -0.2) is 4.79 Å². The number of carbonyl (C=O) groups is 1. The smallest absolute Gasteiger partial charge is 0.337 e. The van der Waals surface area contributed by atoms with Gasteiger partial charge in [-0.1, -0.05) is 23.7 Å². The highest BCUT2D eigenvalue weighted by molar-refractivity contribution is 6.34. The topological polar surface area (TPSA) is 82.5 Å². The molecule has 0 fully saturated rings. The lowest BCUT2D eigenvalue weighted by Crippen LogP contribution is -2.01. The zero-order chi connectivity index (χ0) is 16.4. The molecule has 118 valence electrons. The van der Waals surface area contributed by atoms with E-state index in [0.717, 1.165) is 11.1 Å². The van der Waals surface area contributed by atoms with Crippen LogP contribution in [0.1, 0.15) is 10.4 Å². The van der Waals surface area contributed by atoms with Crippen LogP contribution in [0, 0.1) is 0 Å². The van der Waals surface area contributed by atoms with Crippen molar-refractivity contribution in [3.8, 4) is 16.9 Å². The maximum absolute atomic E-state index is 11.3. The Balaban J connectivity index is 2.03. The SMILES string of the molecule is O=C(O)c1c[nH]c2cc(Cl)c(-c3ccc(OCCO)cc3)cc12. The van der Waals surface area contributed by atoms with Gasteiger partial charge in [0, 0.05) is 22.7 Å². The molecule has 0 unspecified atom stereocenters. The normalized spacial score (nSPS) is 10.9. The van der Waals surface area contributed by atoms with Crippen molar-refractivity contribution in [1.82, 2.24) is 4.98 Å². The van der Waals surface area contributed by atoms with Gasteiger partial charge in [-0.15, -0.1) is 0 Å². The highest BCUT2D eigenvalue weighted by Crippen LogP contribution is 2.34. The van der Waals surface area contributed by atoms with Crippen molar-refractivity contribution >= 4 is 28.5 Å². The number of aromatic nitrogens is 1. The number of carboxylic acids is 1. The number of rotatable bonds is 5. The van der Waals surface area contributed by atoms with Crippen LogP contribution in [0.25, 0.3) is 22.0 Å². The quantitative estimate of drug-likeness (QED) is 0.667. The van der Waals surface area contributed by atoms with Crippen LogP contribution in [0.3, 0.4) is 0 Å². The van der Waals surface area contributed by atoms with Crippen molar-refractivity contribution in [2.75, 3.05) is 13.2 Å². The summed E-state index contributed by atoms with van der Waals surface area (Å²) in [6, 6.07) is 10.7. The molecule has 0 saturated heterocycles. The Morgan fingerprint density at radius 1 is 1.22 bits per heavy atom. The summed E-state index contributed by atoms with van der Waals surface area (Å²) >= 11 is 6.32. The lowest BCUT2D eigenvalue weighted by atomic mass is 10.0. The molecule has 5 nitrogen and oxygen atoms in total. The molecule has 0 aliphatic rings. The molecule has 0 saturated carbocycles. The lowest BCUT2D eigenvalue weighted by molar-refractivity contribution is 0.0699. The van der Waals surface area contributed by atoms with Crippen LogP contribution in [0.5, 0.6) is 5.75 Å². The number of aromatic amines is 1. The number of aliphatic hydroxyl groups excluding tert-OH is 1. The Bertz CT molecular complexity index is 855. The molecule has 2 aromatic carbocycles. The third-order valence-corrected chi connectivity index (χ3v) is 3.84. The molecule has 0 aliphatic carbocycles. The summed E-state index contributed by atoms with van der Waals surface area (Å²) in [6.45, 7) is 0.188. The lowest BCUT2D eigenvalue weighted by Gasteiger charge is -2.08. The fourth-order valence-corrected chi connectivity index (χ4v) is 2.71. The number of hydrogen-bond donors (Lipinski definition) is 3. The number of H-pyrrole nitrogens is 1. The minimum absolute atomic E-state index is 0.0459. The number of fused-ring (bicyclic) bond motifs is 1. The summed E-state index contributed by atoms with van der Waals surface area (Å²) in [5, 5.41) is 19.1. The molecule has 0 spiro atoms.